The third kappa shape index (κ3) is 5.29. The summed E-state index contributed by atoms with van der Waals surface area (Å²) in [5, 5.41) is 7.21. The normalized spacial score (nSPS) is 12.5. The minimum absolute atomic E-state index is 0.802. The zero-order valence-electron chi connectivity index (χ0n) is 24.5. The van der Waals surface area contributed by atoms with Gasteiger partial charge in [-0.15, -0.1) is 0 Å². The van der Waals surface area contributed by atoms with Crippen LogP contribution >= 0.6 is 14.5 Å². The Balaban J connectivity index is 1.64. The third-order valence-corrected chi connectivity index (χ3v) is 16.3. The lowest BCUT2D eigenvalue weighted by molar-refractivity contribution is 1.48. The molecule has 0 unspecified atom stereocenters. The van der Waals surface area contributed by atoms with Gasteiger partial charge in [0.05, 0.1) is 0 Å². The van der Waals surface area contributed by atoms with Crippen molar-refractivity contribution in [1.29, 1.82) is 0 Å². The lowest BCUT2D eigenvalue weighted by atomic mass is 10.4. The van der Waals surface area contributed by atoms with Gasteiger partial charge < -0.3 is 11.5 Å². The van der Waals surface area contributed by atoms with Gasteiger partial charge in [0, 0.05) is 12.2 Å². The maximum atomic E-state index is 7.38. The number of benzene rings is 6. The number of rotatable bonds is 9. The fraction of sp³-hybridized carbons (Fsp3) is 0. The van der Waals surface area contributed by atoms with Gasteiger partial charge in [-0.05, 0) is 72.8 Å². The summed E-state index contributed by atoms with van der Waals surface area (Å²) in [6.45, 7) is 0. The van der Waals surface area contributed by atoms with E-state index in [2.05, 4.69) is 194 Å². The summed E-state index contributed by atoms with van der Waals surface area (Å²) in [6.07, 6.45) is 4.17. The number of nitrogens with two attached hydrogens (primary N) is 2. The second-order valence-corrected chi connectivity index (χ2v) is 17.4. The molecular weight excluding hydrogens is 570 g/mol. The predicted octanol–water partition coefficient (Wildman–Crippen LogP) is 6.57. The molecule has 44 heavy (non-hydrogen) atoms. The first-order valence-corrected chi connectivity index (χ1v) is 18.3. The Morgan fingerprint density at radius 2 is 0.455 bits per heavy atom. The van der Waals surface area contributed by atoms with Gasteiger partial charge >= 0.3 is 0 Å². The van der Waals surface area contributed by atoms with Crippen molar-refractivity contribution in [1.82, 2.24) is 0 Å². The summed E-state index contributed by atoms with van der Waals surface area (Å²) in [7, 11) is -4.84. The van der Waals surface area contributed by atoms with Gasteiger partial charge in [0.25, 0.3) is 0 Å². The van der Waals surface area contributed by atoms with Crippen LogP contribution in [0, 0.1) is 0 Å². The van der Waals surface area contributed by atoms with Crippen molar-refractivity contribution in [2.24, 2.45) is 11.5 Å². The molecule has 0 saturated carbocycles. The van der Waals surface area contributed by atoms with E-state index in [1.807, 2.05) is 0 Å². The molecule has 0 aliphatic rings. The van der Waals surface area contributed by atoms with E-state index in [1.165, 1.54) is 31.8 Å². The summed E-state index contributed by atoms with van der Waals surface area (Å²) in [5.74, 6) is 0. The van der Waals surface area contributed by atoms with Gasteiger partial charge in [-0.2, -0.15) is 0 Å². The molecule has 0 atom stereocenters. The van der Waals surface area contributed by atoms with Crippen LogP contribution in [0.4, 0.5) is 0 Å². The Morgan fingerprint density at radius 3 is 0.614 bits per heavy atom. The molecule has 0 radical (unpaired) electrons. The van der Waals surface area contributed by atoms with Crippen LogP contribution in [0.15, 0.2) is 205 Å². The van der Waals surface area contributed by atoms with Gasteiger partial charge in [0.2, 0.25) is 0 Å². The molecule has 0 bridgehead atoms. The van der Waals surface area contributed by atoms with E-state index in [9.17, 15) is 0 Å². The van der Waals surface area contributed by atoms with Crippen molar-refractivity contribution < 1.29 is 0 Å². The summed E-state index contributed by atoms with van der Waals surface area (Å²) in [5.41, 5.74) is 16.4. The van der Waals surface area contributed by atoms with Crippen molar-refractivity contribution in [3.05, 3.63) is 205 Å². The number of hydrogen-bond donors (Lipinski definition) is 2. The zero-order chi connectivity index (χ0) is 30.2. The molecule has 214 valence electrons. The predicted molar refractivity (Wildman–Crippen MR) is 195 cm³/mol. The Morgan fingerprint density at radius 1 is 0.295 bits per heavy atom. The van der Waals surface area contributed by atoms with Crippen LogP contribution in [0.2, 0.25) is 0 Å². The SMILES string of the molecule is N/C(=C\C=C(/N)[P+](c1ccccc1)(c1ccccc1)c1ccccc1)[P+](c1ccccc1)(c1ccccc1)c1ccccc1. The standard InChI is InChI=1S/C40H36N2P2/c41-39(43(33-19-7-1-8-20-33,34-21-9-2-10-22-34)35-23-11-3-12-24-35)31-32-40(42)44(36-25-13-4-14-26-36,37-27-15-5-16-28-37)38-29-17-6-18-30-38/h1-32H,41-42H2/q+2/b39-31+,40-32+. The smallest absolute Gasteiger partial charge is 0.170 e. The zero-order valence-corrected chi connectivity index (χ0v) is 26.3. The van der Waals surface area contributed by atoms with Crippen molar-refractivity contribution >= 4 is 46.4 Å². The summed E-state index contributed by atoms with van der Waals surface area (Å²) < 4.78 is 0. The molecule has 2 nitrogen and oxygen atoms in total. The monoisotopic (exact) mass is 606 g/mol. The van der Waals surface area contributed by atoms with Crippen LogP contribution in [0.3, 0.4) is 0 Å². The van der Waals surface area contributed by atoms with Gasteiger partial charge in [-0.25, -0.2) is 0 Å². The highest BCUT2D eigenvalue weighted by Gasteiger charge is 2.50. The average Bonchev–Trinajstić information content (AvgIpc) is 3.11. The van der Waals surface area contributed by atoms with Crippen molar-refractivity contribution in [3.8, 4) is 0 Å². The van der Waals surface area contributed by atoms with E-state index < -0.39 is 14.5 Å². The minimum atomic E-state index is -2.42. The van der Waals surface area contributed by atoms with E-state index in [4.69, 9.17) is 11.5 Å². The Bertz CT molecular complexity index is 1510. The molecule has 0 spiro atoms. The van der Waals surface area contributed by atoms with Crippen LogP contribution in [0.5, 0.6) is 0 Å². The van der Waals surface area contributed by atoms with Crippen molar-refractivity contribution in [2.45, 2.75) is 0 Å². The van der Waals surface area contributed by atoms with Gasteiger partial charge in [0.1, 0.15) is 31.8 Å². The van der Waals surface area contributed by atoms with Gasteiger partial charge in [0.15, 0.2) is 25.4 Å². The van der Waals surface area contributed by atoms with E-state index in [1.54, 1.807) is 0 Å². The first kappa shape index (κ1) is 29.3. The number of hydrogen-bond acceptors (Lipinski definition) is 2. The molecule has 4 heteroatoms. The quantitative estimate of drug-likeness (QED) is 0.144. The summed E-state index contributed by atoms with van der Waals surface area (Å²) in [4.78, 5) is 0. The minimum Gasteiger partial charge on any atom is -0.369 e. The highest BCUT2D eigenvalue weighted by Crippen LogP contribution is 2.62. The molecule has 0 amide bonds. The molecule has 0 aliphatic carbocycles. The van der Waals surface area contributed by atoms with Crippen LogP contribution < -0.4 is 43.3 Å². The second kappa shape index (κ2) is 13.3. The lowest BCUT2D eigenvalue weighted by Gasteiger charge is -2.28. The van der Waals surface area contributed by atoms with Crippen LogP contribution in [0.25, 0.3) is 0 Å². The van der Waals surface area contributed by atoms with Gasteiger partial charge in [-0.3, -0.25) is 0 Å². The van der Waals surface area contributed by atoms with Gasteiger partial charge in [-0.1, -0.05) is 109 Å². The highest BCUT2D eigenvalue weighted by molar-refractivity contribution is 7.99. The molecule has 4 N–H and O–H groups in total. The molecule has 0 saturated heterocycles. The van der Waals surface area contributed by atoms with Crippen LogP contribution in [-0.2, 0) is 0 Å². The lowest BCUT2D eigenvalue weighted by Crippen LogP contribution is -2.35. The highest BCUT2D eigenvalue weighted by atomic mass is 31.2. The summed E-state index contributed by atoms with van der Waals surface area (Å²) in [6, 6.07) is 64.0. The van der Waals surface area contributed by atoms with E-state index in [0.717, 1.165) is 10.9 Å². The Hall–Kier alpha value is -4.74. The average molecular weight is 607 g/mol. The van der Waals surface area contributed by atoms with E-state index in [-0.39, 0.29) is 0 Å². The summed E-state index contributed by atoms with van der Waals surface area (Å²) >= 11 is 0. The second-order valence-electron chi connectivity index (χ2n) is 10.5. The maximum absolute atomic E-state index is 7.38. The largest absolute Gasteiger partial charge is 0.369 e. The molecule has 0 aliphatic heterocycles. The van der Waals surface area contributed by atoms with E-state index >= 15 is 0 Å². The van der Waals surface area contributed by atoms with Crippen LogP contribution in [0.1, 0.15) is 0 Å². The topological polar surface area (TPSA) is 52.0 Å². The molecule has 6 aromatic rings. The maximum Gasteiger partial charge on any atom is 0.170 e. The Kier molecular flexibility index (Phi) is 8.85. The molecule has 0 heterocycles. The molecular formula is C40H36N2P2+2. The fourth-order valence-corrected chi connectivity index (χ4v) is 14.0. The third-order valence-electron chi connectivity index (χ3n) is 8.06. The van der Waals surface area contributed by atoms with E-state index in [0.29, 0.717) is 0 Å². The molecule has 0 fully saturated rings. The molecule has 6 aromatic carbocycles. The van der Waals surface area contributed by atoms with Crippen molar-refractivity contribution in [2.75, 3.05) is 0 Å². The Labute approximate surface area is 262 Å². The molecule has 0 aromatic heterocycles. The van der Waals surface area contributed by atoms with Crippen molar-refractivity contribution in [3.63, 3.8) is 0 Å². The first-order chi connectivity index (χ1) is 21.7. The first-order valence-electron chi connectivity index (χ1n) is 14.7. The van der Waals surface area contributed by atoms with Crippen LogP contribution in [-0.4, -0.2) is 0 Å². The number of allylic oxidation sites excluding steroid dienone is 2. The fourth-order valence-electron chi connectivity index (χ4n) is 6.09. The molecule has 6 rings (SSSR count).